The van der Waals surface area contributed by atoms with Gasteiger partial charge in [0.1, 0.15) is 48.1 Å². The number of hydrogen-bond acceptors (Lipinski definition) is 18. The van der Waals surface area contributed by atoms with Crippen LogP contribution in [0.15, 0.2) is 18.3 Å². The van der Waals surface area contributed by atoms with Gasteiger partial charge in [0.05, 0.1) is 17.2 Å². The smallest absolute Gasteiger partial charge is 0.340 e. The first kappa shape index (κ1) is 38.7. The third-order valence-electron chi connectivity index (χ3n) is 10.4. The second kappa shape index (κ2) is 13.2. The molecule has 0 amide bonds. The van der Waals surface area contributed by atoms with Gasteiger partial charge in [-0.25, -0.2) is 9.59 Å². The van der Waals surface area contributed by atoms with Crippen LogP contribution in [0.25, 0.3) is 0 Å². The number of aliphatic hydroxyl groups is 3. The topological polar surface area (TPSA) is 258 Å². The van der Waals surface area contributed by atoms with Gasteiger partial charge in [-0.15, -0.1) is 0 Å². The van der Waals surface area contributed by atoms with Crippen LogP contribution in [0.4, 0.5) is 0 Å². The van der Waals surface area contributed by atoms with Gasteiger partial charge in [-0.1, -0.05) is 0 Å². The lowest BCUT2D eigenvalue weighted by atomic mass is 9.45. The number of hydrogen-bond donors (Lipinski definition) is 3. The molecule has 3 fully saturated rings. The molecule has 18 heteroatoms. The van der Waals surface area contributed by atoms with E-state index in [2.05, 4.69) is 4.98 Å². The molecule has 3 N–H and O–H groups in total. The number of pyridine rings is 1. The van der Waals surface area contributed by atoms with E-state index < -0.39 is 125 Å². The maximum absolute atomic E-state index is 14.9. The minimum atomic E-state index is -2.89. The predicted molar refractivity (Wildman–Crippen MR) is 166 cm³/mol. The van der Waals surface area contributed by atoms with Gasteiger partial charge in [0.25, 0.3) is 0 Å². The van der Waals surface area contributed by atoms with Crippen molar-refractivity contribution in [2.45, 2.75) is 114 Å². The minimum Gasteiger partial charge on any atom is -0.465 e. The number of aromatic nitrogens is 1. The van der Waals surface area contributed by atoms with Crippen molar-refractivity contribution in [2.24, 2.45) is 11.3 Å². The molecule has 0 aromatic carbocycles. The van der Waals surface area contributed by atoms with Crippen molar-refractivity contribution in [1.82, 2.24) is 4.98 Å². The summed E-state index contributed by atoms with van der Waals surface area (Å²) in [5, 5.41) is 36.3. The summed E-state index contributed by atoms with van der Waals surface area (Å²) in [6.07, 6.45) is -10.2. The van der Waals surface area contributed by atoms with Gasteiger partial charge in [-0.05, 0) is 45.7 Å². The highest BCUT2D eigenvalue weighted by Gasteiger charge is 2.91. The Labute approximate surface area is 297 Å². The SMILES string of the molecule is CC(=O)OCC12C(OC(C)=O)C(=O)C3C(OC(C)=O)C14OC3(C)COC(=O)c1cccnc1CCC(C)(O)C(=O)OC(C(O)C2OC(C)=O)C4(C)O. The Morgan fingerprint density at radius 3 is 2.13 bits per heavy atom. The number of carbonyl (C=O) groups excluding carboxylic acids is 7. The van der Waals surface area contributed by atoms with Crippen LogP contribution >= 0.6 is 0 Å². The van der Waals surface area contributed by atoms with Gasteiger partial charge < -0.3 is 48.5 Å². The first-order valence-corrected chi connectivity index (χ1v) is 16.4. The zero-order valence-electron chi connectivity index (χ0n) is 29.5. The van der Waals surface area contributed by atoms with E-state index in [0.29, 0.717) is 0 Å². The van der Waals surface area contributed by atoms with E-state index in [1.807, 2.05) is 0 Å². The maximum atomic E-state index is 14.9. The van der Waals surface area contributed by atoms with Gasteiger partial charge in [-0.3, -0.25) is 29.0 Å². The minimum absolute atomic E-state index is 0.0785. The average Bonchev–Trinajstić information content (AvgIpc) is 3.27. The fourth-order valence-corrected chi connectivity index (χ4v) is 8.31. The lowest BCUT2D eigenvalue weighted by Crippen LogP contribution is -2.88. The first-order valence-electron chi connectivity index (χ1n) is 16.4. The van der Waals surface area contributed by atoms with Crippen molar-refractivity contribution in [3.05, 3.63) is 29.6 Å². The Hall–Kier alpha value is -4.52. The number of esters is 6. The van der Waals surface area contributed by atoms with Crippen molar-refractivity contribution in [2.75, 3.05) is 13.2 Å². The first-order chi connectivity index (χ1) is 24.1. The van der Waals surface area contributed by atoms with Crippen LogP contribution in [-0.2, 0) is 68.3 Å². The number of rotatable bonds is 5. The molecule has 1 aromatic rings. The summed E-state index contributed by atoms with van der Waals surface area (Å²) >= 11 is 0. The van der Waals surface area contributed by atoms with E-state index >= 15 is 0 Å². The predicted octanol–water partition coefficient (Wildman–Crippen LogP) is -0.956. The van der Waals surface area contributed by atoms with Crippen LogP contribution in [0.3, 0.4) is 0 Å². The highest BCUT2D eigenvalue weighted by molar-refractivity contribution is 5.94. The standard InChI is InChI=1S/C34H41NO17/c1-15(36)46-14-33-26(49-17(3)38)22(40)21-24(48-16(2)37)34(33)32(7,45)25(23(41)27(33)50-18(4)39)51-29(43)30(5,44)11-10-20-19(9-8-12-35-20)28(42)47-13-31(21,6)52-34/h8-9,12,21,23-27,41,44-45H,10-11,13-14H2,1-7H3. The van der Waals surface area contributed by atoms with Crippen LogP contribution in [0, 0.1) is 11.3 Å². The molecule has 11 unspecified atom stereocenters. The summed E-state index contributed by atoms with van der Waals surface area (Å²) in [6, 6.07) is 2.81. The number of carbonyl (C=O) groups is 7. The molecule has 284 valence electrons. The summed E-state index contributed by atoms with van der Waals surface area (Å²) < 4.78 is 40.5. The molecular weight excluding hydrogens is 694 g/mol. The summed E-state index contributed by atoms with van der Waals surface area (Å²) in [6.45, 7) is 5.20. The van der Waals surface area contributed by atoms with Crippen molar-refractivity contribution in [1.29, 1.82) is 0 Å². The molecule has 3 heterocycles. The molecular formula is C34H41NO17. The Morgan fingerprint density at radius 2 is 1.54 bits per heavy atom. The molecule has 2 aliphatic carbocycles. The molecule has 1 spiro atoms. The van der Waals surface area contributed by atoms with E-state index in [-0.39, 0.29) is 17.7 Å². The largest absolute Gasteiger partial charge is 0.465 e. The normalized spacial score (nSPS) is 39.8. The Morgan fingerprint density at radius 1 is 0.923 bits per heavy atom. The second-order valence-corrected chi connectivity index (χ2v) is 14.2. The number of fused-ring (bicyclic) bond motifs is 5. The van der Waals surface area contributed by atoms with Crippen LogP contribution in [-0.4, -0.2) is 128 Å². The number of cyclic esters (lactones) is 1. The molecule has 2 aliphatic heterocycles. The Balaban J connectivity index is 1.91. The van der Waals surface area contributed by atoms with Crippen LogP contribution in [0.2, 0.25) is 0 Å². The van der Waals surface area contributed by atoms with Gasteiger partial charge in [0.15, 0.2) is 29.2 Å². The molecule has 52 heavy (non-hydrogen) atoms. The molecule has 1 aromatic heterocycles. The summed E-state index contributed by atoms with van der Waals surface area (Å²) in [4.78, 5) is 97.4. The number of aliphatic hydroxyl groups excluding tert-OH is 1. The highest BCUT2D eigenvalue weighted by atomic mass is 16.7. The highest BCUT2D eigenvalue weighted by Crippen LogP contribution is 2.68. The van der Waals surface area contributed by atoms with E-state index in [9.17, 15) is 48.9 Å². The van der Waals surface area contributed by atoms with E-state index in [0.717, 1.165) is 41.5 Å². The van der Waals surface area contributed by atoms with Gasteiger partial charge in [-0.2, -0.15) is 0 Å². The molecule has 1 saturated heterocycles. The summed E-state index contributed by atoms with van der Waals surface area (Å²) in [5.41, 5.74) is -12.8. The summed E-state index contributed by atoms with van der Waals surface area (Å²) in [7, 11) is 0. The number of nitrogens with zero attached hydrogens (tertiary/aromatic N) is 1. The Bertz CT molecular complexity index is 1710. The fourth-order valence-electron chi connectivity index (χ4n) is 8.31. The van der Waals surface area contributed by atoms with E-state index in [1.54, 1.807) is 0 Å². The number of Topliss-reactive ketones (excluding diaryl/α,β-unsaturated/α-hetero) is 1. The molecule has 5 rings (SSSR count). The molecule has 2 saturated carbocycles. The van der Waals surface area contributed by atoms with Crippen LogP contribution in [0.5, 0.6) is 0 Å². The van der Waals surface area contributed by atoms with Crippen molar-refractivity contribution in [3.8, 4) is 0 Å². The zero-order chi connectivity index (χ0) is 38.8. The molecule has 4 bridgehead atoms. The van der Waals surface area contributed by atoms with Crippen LogP contribution in [0.1, 0.15) is 70.9 Å². The van der Waals surface area contributed by atoms with E-state index in [1.165, 1.54) is 25.3 Å². The average molecular weight is 736 g/mol. The van der Waals surface area contributed by atoms with Crippen molar-refractivity contribution >= 4 is 41.6 Å². The van der Waals surface area contributed by atoms with E-state index in [4.69, 9.17) is 33.2 Å². The fraction of sp³-hybridized carbons (Fsp3) is 0.647. The van der Waals surface area contributed by atoms with Crippen molar-refractivity contribution in [3.63, 3.8) is 0 Å². The lowest BCUT2D eigenvalue weighted by molar-refractivity contribution is -0.377. The molecule has 4 aliphatic rings. The summed E-state index contributed by atoms with van der Waals surface area (Å²) in [5.74, 6) is -9.50. The molecule has 18 nitrogen and oxygen atoms in total. The molecule has 0 radical (unpaired) electrons. The number of ether oxygens (including phenoxy) is 7. The maximum Gasteiger partial charge on any atom is 0.340 e. The molecule has 11 atom stereocenters. The zero-order valence-corrected chi connectivity index (χ0v) is 29.5. The number of ketones is 1. The van der Waals surface area contributed by atoms with Crippen LogP contribution < -0.4 is 0 Å². The number of aryl methyl sites for hydroxylation is 1. The Kier molecular flexibility index (Phi) is 9.79. The van der Waals surface area contributed by atoms with Crippen molar-refractivity contribution < 1.29 is 82.0 Å². The van der Waals surface area contributed by atoms with Gasteiger partial charge in [0, 0.05) is 33.9 Å². The third kappa shape index (κ3) is 5.81. The lowest BCUT2D eigenvalue weighted by Gasteiger charge is -2.66. The van der Waals surface area contributed by atoms with Gasteiger partial charge >= 0.3 is 35.8 Å². The third-order valence-corrected chi connectivity index (χ3v) is 10.4. The monoisotopic (exact) mass is 735 g/mol. The quantitative estimate of drug-likeness (QED) is 0.243. The van der Waals surface area contributed by atoms with Gasteiger partial charge in [0.2, 0.25) is 0 Å². The second-order valence-electron chi connectivity index (χ2n) is 14.2.